The van der Waals surface area contributed by atoms with Crippen LogP contribution in [0.25, 0.3) is 0 Å². The van der Waals surface area contributed by atoms with Crippen molar-refractivity contribution >= 4 is 0 Å². The molecule has 0 spiro atoms. The maximum absolute atomic E-state index is 11.1. The molecule has 4 aliphatic carbocycles. The number of hydrogen-bond donors (Lipinski definition) is 5. The molecule has 0 amide bonds. The predicted octanol–water partition coefficient (Wildman–Crippen LogP) is 4.44. The molecule has 0 aromatic rings. The second-order valence-electron chi connectivity index (χ2n) is 14.8. The van der Waals surface area contributed by atoms with E-state index in [1.807, 2.05) is 6.92 Å². The Morgan fingerprint density at radius 3 is 2.14 bits per heavy atom. The fourth-order valence-electron chi connectivity index (χ4n) is 9.74. The summed E-state index contributed by atoms with van der Waals surface area (Å²) in [5, 5.41) is 53.3. The summed E-state index contributed by atoms with van der Waals surface area (Å²) < 4.78 is 0. The van der Waals surface area contributed by atoms with E-state index in [-0.39, 0.29) is 39.6 Å². The minimum absolute atomic E-state index is 0.00201. The number of aliphatic hydroxyl groups excluding tert-OH is 4. The van der Waals surface area contributed by atoms with Gasteiger partial charge >= 0.3 is 0 Å². The molecule has 0 bridgehead atoms. The summed E-state index contributed by atoms with van der Waals surface area (Å²) in [6.07, 6.45) is 5.68. The van der Waals surface area contributed by atoms with Crippen molar-refractivity contribution < 1.29 is 25.5 Å². The molecule has 3 saturated carbocycles. The largest absolute Gasteiger partial charge is 0.393 e. The van der Waals surface area contributed by atoms with Crippen LogP contribution in [-0.4, -0.2) is 55.5 Å². The molecule has 5 heteroatoms. The van der Waals surface area contributed by atoms with Crippen LogP contribution in [0.1, 0.15) is 100 Å². The Morgan fingerprint density at radius 1 is 0.914 bits per heavy atom. The highest BCUT2D eigenvalue weighted by Crippen LogP contribution is 2.73. The lowest BCUT2D eigenvalue weighted by Gasteiger charge is -2.64. The van der Waals surface area contributed by atoms with Gasteiger partial charge in [-0.3, -0.25) is 0 Å². The standard InChI is InChI=1S/C30H52O5/c1-17(23(32)24(33)25(34)27(4,5)35)18-11-15-30(8)20-9-10-21-26(2,3)22(31)13-14-28(21,6)19(20)12-16-29(18,30)7/h9,17-19,21-25,31-35H,10-16H2,1-8H3/t17-,18+,19+,21+,22-,23-,24-,25-,28+,29+,30+/m1/s1. The lowest BCUT2D eigenvalue weighted by Crippen LogP contribution is -2.58. The average molecular weight is 493 g/mol. The first kappa shape index (κ1) is 27.6. The van der Waals surface area contributed by atoms with Crippen molar-refractivity contribution in [3.8, 4) is 0 Å². The summed E-state index contributed by atoms with van der Waals surface area (Å²) in [7, 11) is 0. The van der Waals surface area contributed by atoms with E-state index in [1.54, 1.807) is 5.57 Å². The molecule has 3 fully saturated rings. The van der Waals surface area contributed by atoms with Crippen LogP contribution in [0.5, 0.6) is 0 Å². The highest BCUT2D eigenvalue weighted by molar-refractivity contribution is 5.33. The average Bonchev–Trinajstić information content (AvgIpc) is 3.05. The summed E-state index contributed by atoms with van der Waals surface area (Å²) in [6, 6.07) is 0. The molecule has 0 heterocycles. The zero-order valence-electron chi connectivity index (χ0n) is 23.4. The molecule has 0 saturated heterocycles. The monoisotopic (exact) mass is 492 g/mol. The van der Waals surface area contributed by atoms with Gasteiger partial charge in [0.1, 0.15) is 12.2 Å². The molecule has 0 aliphatic heterocycles. The molecule has 202 valence electrons. The smallest absolute Gasteiger partial charge is 0.110 e. The van der Waals surface area contributed by atoms with E-state index in [9.17, 15) is 25.5 Å². The molecule has 5 nitrogen and oxygen atoms in total. The Hall–Kier alpha value is -0.460. The van der Waals surface area contributed by atoms with Gasteiger partial charge in [0.2, 0.25) is 0 Å². The maximum Gasteiger partial charge on any atom is 0.110 e. The van der Waals surface area contributed by atoms with E-state index >= 15 is 0 Å². The van der Waals surface area contributed by atoms with E-state index in [0.717, 1.165) is 44.9 Å². The molecule has 0 aromatic heterocycles. The van der Waals surface area contributed by atoms with Crippen LogP contribution in [0.2, 0.25) is 0 Å². The van der Waals surface area contributed by atoms with Crippen LogP contribution in [0.4, 0.5) is 0 Å². The fraction of sp³-hybridized carbons (Fsp3) is 0.933. The lowest BCUT2D eigenvalue weighted by atomic mass is 9.41. The third-order valence-electron chi connectivity index (χ3n) is 12.4. The van der Waals surface area contributed by atoms with Gasteiger partial charge in [-0.25, -0.2) is 0 Å². The third kappa shape index (κ3) is 3.81. The molecule has 0 unspecified atom stereocenters. The van der Waals surface area contributed by atoms with E-state index in [1.165, 1.54) is 13.8 Å². The van der Waals surface area contributed by atoms with Crippen LogP contribution in [-0.2, 0) is 0 Å². The molecule has 11 atom stereocenters. The Kier molecular flexibility index (Phi) is 6.72. The summed E-state index contributed by atoms with van der Waals surface area (Å²) in [5.41, 5.74) is 0.300. The zero-order chi connectivity index (χ0) is 26.4. The highest BCUT2D eigenvalue weighted by atomic mass is 16.4. The topological polar surface area (TPSA) is 101 Å². The second-order valence-corrected chi connectivity index (χ2v) is 14.8. The van der Waals surface area contributed by atoms with Gasteiger partial charge in [0, 0.05) is 0 Å². The number of allylic oxidation sites excluding steroid dienone is 2. The van der Waals surface area contributed by atoms with Gasteiger partial charge in [-0.15, -0.1) is 0 Å². The Bertz CT molecular complexity index is 844. The zero-order valence-corrected chi connectivity index (χ0v) is 23.4. The van der Waals surface area contributed by atoms with Crippen molar-refractivity contribution in [3.05, 3.63) is 11.6 Å². The maximum atomic E-state index is 11.1. The summed E-state index contributed by atoms with van der Waals surface area (Å²) in [4.78, 5) is 0. The minimum atomic E-state index is -1.48. The van der Waals surface area contributed by atoms with E-state index in [0.29, 0.717) is 11.8 Å². The predicted molar refractivity (Wildman–Crippen MR) is 138 cm³/mol. The van der Waals surface area contributed by atoms with Gasteiger partial charge in [0.15, 0.2) is 0 Å². The third-order valence-corrected chi connectivity index (χ3v) is 12.4. The second kappa shape index (κ2) is 8.53. The normalized spacial score (nSPS) is 46.5. The van der Waals surface area contributed by atoms with E-state index < -0.39 is 23.9 Å². The first-order chi connectivity index (χ1) is 15.9. The summed E-state index contributed by atoms with van der Waals surface area (Å²) >= 11 is 0. The molecule has 0 radical (unpaired) electrons. The van der Waals surface area contributed by atoms with Crippen molar-refractivity contribution in [2.75, 3.05) is 0 Å². The molecular formula is C30H52O5. The van der Waals surface area contributed by atoms with Crippen LogP contribution in [0.3, 0.4) is 0 Å². The molecule has 4 rings (SSSR count). The van der Waals surface area contributed by atoms with Crippen molar-refractivity contribution in [1.82, 2.24) is 0 Å². The van der Waals surface area contributed by atoms with Crippen molar-refractivity contribution in [1.29, 1.82) is 0 Å². The van der Waals surface area contributed by atoms with Gasteiger partial charge < -0.3 is 25.5 Å². The number of fused-ring (bicyclic) bond motifs is 5. The van der Waals surface area contributed by atoms with Gasteiger partial charge in [-0.2, -0.15) is 0 Å². The van der Waals surface area contributed by atoms with Crippen LogP contribution < -0.4 is 0 Å². The molecule has 4 aliphatic rings. The van der Waals surface area contributed by atoms with Crippen molar-refractivity contribution in [3.63, 3.8) is 0 Å². The summed E-state index contributed by atoms with van der Waals surface area (Å²) in [5.74, 6) is 1.05. The molecular weight excluding hydrogens is 440 g/mol. The van der Waals surface area contributed by atoms with E-state index in [4.69, 9.17) is 0 Å². The van der Waals surface area contributed by atoms with Gasteiger partial charge in [-0.1, -0.05) is 53.2 Å². The molecule has 5 N–H and O–H groups in total. The van der Waals surface area contributed by atoms with Crippen molar-refractivity contribution in [2.45, 2.75) is 130 Å². The summed E-state index contributed by atoms with van der Waals surface area (Å²) in [6.45, 7) is 16.8. The van der Waals surface area contributed by atoms with Crippen LogP contribution >= 0.6 is 0 Å². The number of aliphatic hydroxyl groups is 5. The Labute approximate surface area is 213 Å². The molecule has 35 heavy (non-hydrogen) atoms. The number of hydrogen-bond acceptors (Lipinski definition) is 5. The van der Waals surface area contributed by atoms with Crippen LogP contribution in [0, 0.1) is 45.3 Å². The molecule has 0 aromatic carbocycles. The van der Waals surface area contributed by atoms with Gasteiger partial charge in [0.25, 0.3) is 0 Å². The van der Waals surface area contributed by atoms with Gasteiger partial charge in [0.05, 0.1) is 17.8 Å². The Balaban J connectivity index is 1.63. The van der Waals surface area contributed by atoms with Gasteiger partial charge in [-0.05, 0) is 104 Å². The fourth-order valence-corrected chi connectivity index (χ4v) is 9.74. The first-order valence-corrected chi connectivity index (χ1v) is 14.1. The SMILES string of the molecule is C[C@@H]([C@@H](O)[C@@H](O)[C@@H](O)C(C)(C)O)[C@@H]1CC[C@@]2(C)C3=CC[C@H]4C(C)(C)[C@H](O)CC[C@@]4(C)[C@H]3CC[C@@]12C. The number of rotatable bonds is 5. The lowest BCUT2D eigenvalue weighted by molar-refractivity contribution is -0.158. The minimum Gasteiger partial charge on any atom is -0.393 e. The quantitative estimate of drug-likeness (QED) is 0.365. The van der Waals surface area contributed by atoms with Crippen LogP contribution in [0.15, 0.2) is 11.6 Å². The van der Waals surface area contributed by atoms with Crippen molar-refractivity contribution in [2.24, 2.45) is 45.3 Å². The van der Waals surface area contributed by atoms with E-state index in [2.05, 4.69) is 40.7 Å². The Morgan fingerprint density at radius 2 is 1.54 bits per heavy atom. The first-order valence-electron chi connectivity index (χ1n) is 14.1. The highest BCUT2D eigenvalue weighted by Gasteiger charge is 2.65.